The molecule has 12 nitrogen and oxygen atoms in total. The minimum Gasteiger partial charge on any atom is -0.422 e. The highest BCUT2D eigenvalue weighted by Crippen LogP contribution is 2.44. The number of anilines is 2. The summed E-state index contributed by atoms with van der Waals surface area (Å²) in [6, 6.07) is 40.6. The molecule has 2 N–H and O–H groups in total. The zero-order valence-electron chi connectivity index (χ0n) is 44.9. The van der Waals surface area contributed by atoms with Crippen molar-refractivity contribution in [2.45, 2.75) is 86.2 Å². The van der Waals surface area contributed by atoms with Crippen LogP contribution in [0.2, 0.25) is 0 Å². The lowest BCUT2D eigenvalue weighted by molar-refractivity contribution is 0.0910. The van der Waals surface area contributed by atoms with Gasteiger partial charge in [-0.1, -0.05) is 60.7 Å². The number of thiazole rings is 2. The first kappa shape index (κ1) is 52.5. The zero-order chi connectivity index (χ0) is 54.3. The summed E-state index contributed by atoms with van der Waals surface area (Å²) in [5.41, 5.74) is 8.62. The Hall–Kier alpha value is -7.94. The molecule has 2 amide bonds. The van der Waals surface area contributed by atoms with Gasteiger partial charge in [0.2, 0.25) is 0 Å². The predicted molar refractivity (Wildman–Crippen MR) is 317 cm³/mol. The number of nitrogens with one attached hydrogen (secondary N) is 2. The Labute approximate surface area is 455 Å². The Bertz CT molecular complexity index is 3960. The highest BCUT2D eigenvalue weighted by molar-refractivity contribution is 7.22. The first-order chi connectivity index (χ1) is 36.9. The first-order valence-corrected chi connectivity index (χ1v) is 27.9. The second-order valence-corrected chi connectivity index (χ2v) is 23.3. The minimum atomic E-state index is -0.478. The van der Waals surface area contributed by atoms with E-state index in [9.17, 15) is 19.2 Å². The molecule has 0 bridgehead atoms. The van der Waals surface area contributed by atoms with Crippen LogP contribution in [0.3, 0.4) is 0 Å². The van der Waals surface area contributed by atoms with Crippen LogP contribution in [0.1, 0.15) is 95.0 Å². The molecule has 0 saturated heterocycles. The fraction of sp³-hybridized carbons (Fsp3) is 0.270. The van der Waals surface area contributed by atoms with E-state index in [0.29, 0.717) is 65.7 Å². The number of hydrogen-bond donors (Lipinski definition) is 2. The maximum Gasteiger partial charge on any atom is 0.347 e. The van der Waals surface area contributed by atoms with E-state index in [4.69, 9.17) is 18.8 Å². The topological polar surface area (TPSA) is 151 Å². The average molecular weight is 1060 g/mol. The third-order valence-electron chi connectivity index (χ3n) is 13.6. The summed E-state index contributed by atoms with van der Waals surface area (Å²) >= 11 is 2.90. The van der Waals surface area contributed by atoms with Crippen LogP contribution in [0.4, 0.5) is 11.4 Å². The maximum atomic E-state index is 13.8. The molecule has 77 heavy (non-hydrogen) atoms. The lowest BCUT2D eigenvalue weighted by Gasteiger charge is -2.30. The Balaban J connectivity index is 0.000000175. The van der Waals surface area contributed by atoms with Crippen molar-refractivity contribution in [3.63, 3.8) is 0 Å². The van der Waals surface area contributed by atoms with Crippen molar-refractivity contribution in [3.8, 4) is 43.4 Å². The molecule has 0 unspecified atom stereocenters. The fourth-order valence-electron chi connectivity index (χ4n) is 10.2. The molecule has 0 fully saturated rings. The minimum absolute atomic E-state index is 0.190. The maximum absolute atomic E-state index is 13.8. The van der Waals surface area contributed by atoms with Gasteiger partial charge < -0.3 is 29.3 Å². The van der Waals surface area contributed by atoms with Crippen molar-refractivity contribution in [2.75, 3.05) is 36.0 Å². The zero-order valence-corrected chi connectivity index (χ0v) is 46.6. The number of nitrogens with zero attached hydrogens (tertiary/aromatic N) is 4. The fourth-order valence-corrected chi connectivity index (χ4v) is 12.2. The van der Waals surface area contributed by atoms with Crippen LogP contribution in [0.15, 0.2) is 146 Å². The lowest BCUT2D eigenvalue weighted by Crippen LogP contribution is -2.40. The lowest BCUT2D eigenvalue weighted by atomic mass is 9.90. The Morgan fingerprint density at radius 1 is 0.597 bits per heavy atom. The number of aryl methyl sites for hydroxylation is 1. The molecule has 14 heteroatoms. The third kappa shape index (κ3) is 10.6. The molecule has 6 aromatic carbocycles. The summed E-state index contributed by atoms with van der Waals surface area (Å²) in [5, 5.41) is 8.88. The van der Waals surface area contributed by atoms with Crippen molar-refractivity contribution >= 4 is 88.2 Å². The molecular weight excluding hydrogens is 1000 g/mol. The molecule has 392 valence electrons. The third-order valence-corrected chi connectivity index (χ3v) is 15.7. The number of carbonyl (C=O) groups is 2. The summed E-state index contributed by atoms with van der Waals surface area (Å²) in [6.45, 7) is 21.6. The van der Waals surface area contributed by atoms with E-state index in [-0.39, 0.29) is 11.8 Å². The number of aromatic nitrogens is 2. The normalized spacial score (nSPS) is 12.7. The molecule has 0 aliphatic carbocycles. The molecular formula is C63H62N6O6S2. The van der Waals surface area contributed by atoms with Gasteiger partial charge >= 0.3 is 11.3 Å². The van der Waals surface area contributed by atoms with Gasteiger partial charge in [-0.15, -0.1) is 22.7 Å². The van der Waals surface area contributed by atoms with Gasteiger partial charge in [0, 0.05) is 93.8 Å². The number of amides is 2. The average Bonchev–Trinajstić information content (AvgIpc) is 4.07. The summed E-state index contributed by atoms with van der Waals surface area (Å²) < 4.78 is 13.9. The van der Waals surface area contributed by atoms with Crippen LogP contribution in [-0.2, 0) is 6.42 Å². The first-order valence-electron chi connectivity index (χ1n) is 26.2. The van der Waals surface area contributed by atoms with Gasteiger partial charge in [0.1, 0.15) is 32.3 Å². The summed E-state index contributed by atoms with van der Waals surface area (Å²) in [7, 11) is 0. The van der Waals surface area contributed by atoms with Gasteiger partial charge in [-0.3, -0.25) is 9.59 Å². The molecule has 1 aliphatic rings. The van der Waals surface area contributed by atoms with E-state index >= 15 is 0 Å². The van der Waals surface area contributed by atoms with E-state index in [0.717, 1.165) is 81.6 Å². The van der Waals surface area contributed by atoms with Crippen molar-refractivity contribution in [1.29, 1.82) is 0 Å². The predicted octanol–water partition coefficient (Wildman–Crippen LogP) is 14.1. The van der Waals surface area contributed by atoms with Crippen LogP contribution in [0.5, 0.6) is 0 Å². The molecule has 1 aliphatic heterocycles. The summed E-state index contributed by atoms with van der Waals surface area (Å²) in [4.78, 5) is 68.7. The SMILES string of the molecule is CCN(CC)c1ccc2c(-c3ccccc3C(=O)NC(C)(C)C)c(-c3nc4ccccc4s3)c(=O)oc2c1.CCN1CCCc2cc3c(-c4ccccc4C(=O)NC(C)(C)C)c(-c4nc5ccccc5s4)c(=O)oc3cc21. The van der Waals surface area contributed by atoms with Crippen LogP contribution >= 0.6 is 22.7 Å². The smallest absolute Gasteiger partial charge is 0.347 e. The van der Waals surface area contributed by atoms with Gasteiger partial charge in [0.05, 0.1) is 20.4 Å². The number of fused-ring (bicyclic) bond motifs is 5. The van der Waals surface area contributed by atoms with Gasteiger partial charge in [-0.2, -0.15) is 0 Å². The Morgan fingerprint density at radius 3 is 1.57 bits per heavy atom. The largest absolute Gasteiger partial charge is 0.422 e. The standard InChI is InChI=1S/C32H31N3O3S.C31H31N3O3S/c1-5-35-16-10-11-19-17-22-25(18-24(19)35)38-31(37)28(30-33-23-14-8-9-15-26(23)39-30)27(22)20-12-6-7-13-21(20)29(36)34-32(2,3)4;1-6-34(7-2)19-16-17-22-24(18-19)37-30(36)27(29-32-23-14-10-11-15-25(23)38-29)26(22)20-12-8-9-13-21(20)28(35)33-31(3,4)5/h6-9,12-15,17-18H,5,10-11,16H2,1-4H3,(H,34,36);8-18H,6-7H2,1-5H3,(H,33,35). The number of rotatable bonds is 10. The van der Waals surface area contributed by atoms with Gasteiger partial charge in [0.25, 0.3) is 11.8 Å². The van der Waals surface area contributed by atoms with Crippen LogP contribution < -0.4 is 31.7 Å². The Kier molecular flexibility index (Phi) is 14.5. The van der Waals surface area contributed by atoms with Gasteiger partial charge in [-0.05, 0) is 146 Å². The van der Waals surface area contributed by atoms with E-state index in [1.807, 2.05) is 157 Å². The highest BCUT2D eigenvalue weighted by Gasteiger charge is 2.29. The summed E-state index contributed by atoms with van der Waals surface area (Å²) in [5.74, 6) is -0.394. The number of carbonyl (C=O) groups excluding carboxylic acids is 2. The van der Waals surface area contributed by atoms with Crippen molar-refractivity contribution in [3.05, 3.63) is 165 Å². The van der Waals surface area contributed by atoms with E-state index < -0.39 is 22.3 Å². The molecule has 0 saturated carbocycles. The second kappa shape index (κ2) is 21.2. The van der Waals surface area contributed by atoms with Gasteiger partial charge in [0.15, 0.2) is 0 Å². The van der Waals surface area contributed by atoms with E-state index in [1.165, 1.54) is 28.2 Å². The molecule has 0 spiro atoms. The van der Waals surface area contributed by atoms with Crippen LogP contribution in [0, 0.1) is 0 Å². The van der Waals surface area contributed by atoms with Crippen molar-refractivity contribution < 1.29 is 18.4 Å². The monoisotopic (exact) mass is 1060 g/mol. The molecule has 0 radical (unpaired) electrons. The number of benzene rings is 6. The van der Waals surface area contributed by atoms with Crippen molar-refractivity contribution in [2.24, 2.45) is 0 Å². The second-order valence-electron chi connectivity index (χ2n) is 21.3. The van der Waals surface area contributed by atoms with Crippen LogP contribution in [0.25, 0.3) is 85.8 Å². The van der Waals surface area contributed by atoms with Crippen molar-refractivity contribution in [1.82, 2.24) is 20.6 Å². The summed E-state index contributed by atoms with van der Waals surface area (Å²) in [6.07, 6.45) is 2.01. The van der Waals surface area contributed by atoms with Gasteiger partial charge in [-0.25, -0.2) is 19.6 Å². The molecule has 10 aromatic rings. The number of para-hydroxylation sites is 2. The Morgan fingerprint density at radius 2 is 1.08 bits per heavy atom. The molecule has 11 rings (SSSR count). The highest BCUT2D eigenvalue weighted by atomic mass is 32.1. The molecule has 5 heterocycles. The number of hydrogen-bond acceptors (Lipinski definition) is 12. The quantitative estimate of drug-likeness (QED) is 0.127. The van der Waals surface area contributed by atoms with E-state index in [1.54, 1.807) is 6.07 Å². The molecule has 4 aromatic heterocycles. The van der Waals surface area contributed by atoms with E-state index in [2.05, 4.69) is 47.3 Å². The molecule has 0 atom stereocenters. The van der Waals surface area contributed by atoms with Crippen LogP contribution in [-0.4, -0.2) is 59.0 Å².